The van der Waals surface area contributed by atoms with Gasteiger partial charge in [0.05, 0.1) is 11.7 Å². The Morgan fingerprint density at radius 1 is 1.04 bits per heavy atom. The van der Waals surface area contributed by atoms with E-state index in [0.717, 1.165) is 61.7 Å². The highest BCUT2D eigenvalue weighted by molar-refractivity contribution is 5.25. The summed E-state index contributed by atoms with van der Waals surface area (Å²) in [6.45, 7) is 7.66. The second kappa shape index (κ2) is 6.58. The number of hydrogen-bond donors (Lipinski definition) is 2. The van der Waals surface area contributed by atoms with Gasteiger partial charge in [-0.1, -0.05) is 32.4 Å². The van der Waals surface area contributed by atoms with Gasteiger partial charge in [0.2, 0.25) is 0 Å². The molecule has 4 saturated carbocycles. The zero-order chi connectivity index (χ0) is 19.7. The van der Waals surface area contributed by atoms with E-state index in [0.29, 0.717) is 10.8 Å². The van der Waals surface area contributed by atoms with Crippen molar-refractivity contribution in [3.63, 3.8) is 0 Å². The second-order valence-corrected chi connectivity index (χ2v) is 12.1. The molecule has 4 fully saturated rings. The van der Waals surface area contributed by atoms with E-state index in [4.69, 9.17) is 0 Å². The summed E-state index contributed by atoms with van der Waals surface area (Å²) in [6, 6.07) is 0. The molecule has 158 valence electrons. The SMILES string of the molecule is CC(CCC1(O)CC1)[C@H]1CCC2C3CC=C4CC(O)CC[C@]4(C)C3CC[C@@]21C. The van der Waals surface area contributed by atoms with E-state index in [1.54, 1.807) is 5.57 Å². The Kier molecular flexibility index (Phi) is 4.61. The lowest BCUT2D eigenvalue weighted by Crippen LogP contribution is -2.50. The Hall–Kier alpha value is -0.340. The van der Waals surface area contributed by atoms with E-state index >= 15 is 0 Å². The summed E-state index contributed by atoms with van der Waals surface area (Å²) in [5, 5.41) is 20.5. The third-order valence-corrected chi connectivity index (χ3v) is 10.7. The van der Waals surface area contributed by atoms with Gasteiger partial charge >= 0.3 is 0 Å². The third kappa shape index (κ3) is 2.96. The van der Waals surface area contributed by atoms with Crippen molar-refractivity contribution in [2.75, 3.05) is 0 Å². The van der Waals surface area contributed by atoms with Gasteiger partial charge in [-0.3, -0.25) is 0 Å². The largest absolute Gasteiger partial charge is 0.393 e. The molecule has 0 aliphatic heterocycles. The molecule has 5 aliphatic carbocycles. The first-order chi connectivity index (χ1) is 13.3. The Morgan fingerprint density at radius 2 is 1.82 bits per heavy atom. The molecular formula is C26H42O2. The number of aliphatic hydroxyl groups is 2. The summed E-state index contributed by atoms with van der Waals surface area (Å²) in [7, 11) is 0. The highest BCUT2D eigenvalue weighted by Gasteiger charge is 2.59. The van der Waals surface area contributed by atoms with Gasteiger partial charge in [0.15, 0.2) is 0 Å². The molecule has 5 aliphatic rings. The van der Waals surface area contributed by atoms with E-state index < -0.39 is 0 Å². The lowest BCUT2D eigenvalue weighted by Gasteiger charge is -2.58. The van der Waals surface area contributed by atoms with Crippen LogP contribution in [0.25, 0.3) is 0 Å². The Labute approximate surface area is 172 Å². The van der Waals surface area contributed by atoms with Crippen LogP contribution in [0.5, 0.6) is 0 Å². The monoisotopic (exact) mass is 386 g/mol. The van der Waals surface area contributed by atoms with Crippen LogP contribution in [-0.2, 0) is 0 Å². The average molecular weight is 387 g/mol. The first-order valence-electron chi connectivity index (χ1n) is 12.4. The molecule has 2 nitrogen and oxygen atoms in total. The maximum atomic E-state index is 10.3. The highest BCUT2D eigenvalue weighted by Crippen LogP contribution is 2.67. The van der Waals surface area contributed by atoms with Gasteiger partial charge in [0.25, 0.3) is 0 Å². The van der Waals surface area contributed by atoms with Crippen LogP contribution in [0, 0.1) is 40.4 Å². The molecule has 0 bridgehead atoms. The molecule has 28 heavy (non-hydrogen) atoms. The molecular weight excluding hydrogens is 344 g/mol. The van der Waals surface area contributed by atoms with Crippen molar-refractivity contribution in [1.82, 2.24) is 0 Å². The van der Waals surface area contributed by atoms with Crippen LogP contribution in [0.1, 0.15) is 97.8 Å². The van der Waals surface area contributed by atoms with Crippen molar-refractivity contribution >= 4 is 0 Å². The van der Waals surface area contributed by atoms with Crippen molar-refractivity contribution in [3.8, 4) is 0 Å². The number of fused-ring (bicyclic) bond motifs is 5. The fraction of sp³-hybridized carbons (Fsp3) is 0.923. The molecule has 0 aromatic heterocycles. The van der Waals surface area contributed by atoms with Gasteiger partial charge in [-0.2, -0.15) is 0 Å². The van der Waals surface area contributed by atoms with Crippen molar-refractivity contribution in [1.29, 1.82) is 0 Å². The summed E-state index contributed by atoms with van der Waals surface area (Å²) >= 11 is 0. The second-order valence-electron chi connectivity index (χ2n) is 12.1. The van der Waals surface area contributed by atoms with Crippen LogP contribution in [-0.4, -0.2) is 21.9 Å². The van der Waals surface area contributed by atoms with Gasteiger partial charge in [-0.15, -0.1) is 0 Å². The minimum absolute atomic E-state index is 0.0947. The smallest absolute Gasteiger partial charge is 0.0650 e. The molecule has 0 saturated heterocycles. The molecule has 0 aromatic rings. The zero-order valence-electron chi connectivity index (χ0n) is 18.4. The van der Waals surface area contributed by atoms with Crippen LogP contribution in [0.15, 0.2) is 11.6 Å². The van der Waals surface area contributed by atoms with E-state index in [2.05, 4.69) is 26.8 Å². The Morgan fingerprint density at radius 3 is 2.57 bits per heavy atom. The zero-order valence-corrected chi connectivity index (χ0v) is 18.4. The molecule has 8 atom stereocenters. The summed E-state index contributed by atoms with van der Waals surface area (Å²) in [5.74, 6) is 4.22. The predicted octanol–water partition coefficient (Wildman–Crippen LogP) is 5.87. The van der Waals surface area contributed by atoms with Gasteiger partial charge in [0, 0.05) is 0 Å². The lowest BCUT2D eigenvalue weighted by molar-refractivity contribution is -0.0579. The van der Waals surface area contributed by atoms with Crippen LogP contribution in [0.3, 0.4) is 0 Å². The van der Waals surface area contributed by atoms with Crippen LogP contribution in [0.4, 0.5) is 0 Å². The summed E-state index contributed by atoms with van der Waals surface area (Å²) < 4.78 is 0. The van der Waals surface area contributed by atoms with E-state index in [9.17, 15) is 10.2 Å². The summed E-state index contributed by atoms with van der Waals surface area (Å²) in [5.41, 5.74) is 2.19. The van der Waals surface area contributed by atoms with E-state index in [1.807, 2.05) is 0 Å². The molecule has 2 N–H and O–H groups in total. The number of allylic oxidation sites excluding steroid dienone is 1. The van der Waals surface area contributed by atoms with E-state index in [1.165, 1.54) is 44.9 Å². The number of aliphatic hydroxyl groups excluding tert-OH is 1. The number of hydrogen-bond acceptors (Lipinski definition) is 2. The standard InChI is InChI=1S/C26H42O2/c1-17(8-13-26(28)14-15-26)21-6-7-22-20-5-4-18-16-19(27)9-11-24(18,2)23(20)10-12-25(21,22)3/h4,17,19-23,27-28H,5-16H2,1-3H3/t17?,19?,20?,21-,22?,23?,24+,25-/m1/s1. The summed E-state index contributed by atoms with van der Waals surface area (Å²) in [4.78, 5) is 0. The molecule has 0 aromatic carbocycles. The van der Waals surface area contributed by atoms with Gasteiger partial charge in [-0.25, -0.2) is 0 Å². The summed E-state index contributed by atoms with van der Waals surface area (Å²) in [6.07, 6.45) is 16.8. The van der Waals surface area contributed by atoms with Crippen LogP contribution in [0.2, 0.25) is 0 Å². The predicted molar refractivity (Wildman–Crippen MR) is 114 cm³/mol. The topological polar surface area (TPSA) is 40.5 Å². The Balaban J connectivity index is 1.33. The first kappa shape index (κ1) is 19.6. The van der Waals surface area contributed by atoms with Gasteiger partial charge < -0.3 is 10.2 Å². The van der Waals surface area contributed by atoms with Crippen molar-refractivity contribution in [3.05, 3.63) is 11.6 Å². The van der Waals surface area contributed by atoms with Crippen molar-refractivity contribution in [2.45, 2.75) is 110 Å². The van der Waals surface area contributed by atoms with E-state index in [-0.39, 0.29) is 11.7 Å². The fourth-order valence-corrected chi connectivity index (χ4v) is 8.71. The minimum atomic E-state index is -0.282. The molecule has 5 rings (SSSR count). The van der Waals surface area contributed by atoms with Crippen LogP contribution >= 0.6 is 0 Å². The minimum Gasteiger partial charge on any atom is -0.393 e. The van der Waals surface area contributed by atoms with Crippen molar-refractivity contribution < 1.29 is 10.2 Å². The average Bonchev–Trinajstić information content (AvgIpc) is 3.29. The molecule has 0 spiro atoms. The normalized spacial score (nSPS) is 50.2. The number of rotatable bonds is 4. The first-order valence-corrected chi connectivity index (χ1v) is 12.4. The quantitative estimate of drug-likeness (QED) is 0.593. The maximum absolute atomic E-state index is 10.3. The highest BCUT2D eigenvalue weighted by atomic mass is 16.3. The molecule has 5 unspecified atom stereocenters. The molecule has 0 heterocycles. The Bertz CT molecular complexity index is 649. The van der Waals surface area contributed by atoms with Gasteiger partial charge in [-0.05, 0) is 117 Å². The third-order valence-electron chi connectivity index (χ3n) is 10.7. The van der Waals surface area contributed by atoms with Gasteiger partial charge in [0.1, 0.15) is 0 Å². The molecule has 0 radical (unpaired) electrons. The maximum Gasteiger partial charge on any atom is 0.0650 e. The fourth-order valence-electron chi connectivity index (χ4n) is 8.71. The molecule has 0 amide bonds. The van der Waals surface area contributed by atoms with Crippen LogP contribution < -0.4 is 0 Å². The molecule has 2 heteroatoms. The van der Waals surface area contributed by atoms with Crippen molar-refractivity contribution in [2.24, 2.45) is 40.4 Å². The lowest BCUT2D eigenvalue weighted by atomic mass is 9.47.